The maximum absolute atomic E-state index is 4.02. The van der Waals surface area contributed by atoms with Crippen LogP contribution in [0, 0.1) is 17.8 Å². The fourth-order valence-electron chi connectivity index (χ4n) is 1.95. The van der Waals surface area contributed by atoms with E-state index in [2.05, 4.69) is 60.6 Å². The number of hydrogen-bond acceptors (Lipinski definition) is 2. The molecule has 0 aliphatic heterocycles. The van der Waals surface area contributed by atoms with Gasteiger partial charge in [0.25, 0.3) is 0 Å². The Morgan fingerprint density at radius 2 is 1.09 bits per heavy atom. The van der Waals surface area contributed by atoms with Gasteiger partial charge in [0.2, 0.25) is 0 Å². The Morgan fingerprint density at radius 1 is 0.739 bits per heavy atom. The van der Waals surface area contributed by atoms with Gasteiger partial charge >= 0.3 is 0 Å². The van der Waals surface area contributed by atoms with Crippen LogP contribution in [0.3, 0.4) is 0 Å². The van der Waals surface area contributed by atoms with Crippen molar-refractivity contribution in [2.24, 2.45) is 10.8 Å². The molecule has 5 heteroatoms. The van der Waals surface area contributed by atoms with Gasteiger partial charge in [0.05, 0.1) is 24.8 Å². The van der Waals surface area contributed by atoms with Gasteiger partial charge in [0.15, 0.2) is 31.3 Å². The van der Waals surface area contributed by atoms with Crippen LogP contribution in [0.25, 0.3) is 0 Å². The maximum atomic E-state index is 4.02. The molecule has 0 atom stereocenters. The fraction of sp³-hybridized carbons (Fsp3) is 0.500. The molecule has 0 unspecified atom stereocenters. The van der Waals surface area contributed by atoms with E-state index in [1.165, 1.54) is 0 Å². The SMILES string of the molecule is CC(C)(C)C[n+]1ccncc1.[CH2-]C(C)(C)C[n+]1ccncc1.[Y]. The molecule has 2 aromatic rings. The van der Waals surface area contributed by atoms with Gasteiger partial charge in [-0.2, -0.15) is 0 Å². The summed E-state index contributed by atoms with van der Waals surface area (Å²) in [7, 11) is 0. The van der Waals surface area contributed by atoms with Gasteiger partial charge in [-0.15, -0.1) is 5.41 Å². The minimum atomic E-state index is 0. The van der Waals surface area contributed by atoms with Crippen molar-refractivity contribution < 1.29 is 41.8 Å². The molecule has 2 rings (SSSR count). The molecule has 0 spiro atoms. The molecule has 0 N–H and O–H groups in total. The normalized spacial score (nSPS) is 11.0. The zero-order valence-corrected chi connectivity index (χ0v) is 17.9. The van der Waals surface area contributed by atoms with Crippen LogP contribution < -0.4 is 9.13 Å². The Bertz CT molecular complexity index is 479. The van der Waals surface area contributed by atoms with Crippen LogP contribution in [0.2, 0.25) is 0 Å². The zero-order chi connectivity index (χ0) is 16.6. The topological polar surface area (TPSA) is 33.5 Å². The van der Waals surface area contributed by atoms with Crippen molar-refractivity contribution in [3.8, 4) is 0 Å². The van der Waals surface area contributed by atoms with Crippen LogP contribution in [0.15, 0.2) is 49.6 Å². The summed E-state index contributed by atoms with van der Waals surface area (Å²) in [5.41, 5.74) is 0.429. The van der Waals surface area contributed by atoms with E-state index in [0.29, 0.717) is 5.41 Å². The monoisotopic (exact) mass is 390 g/mol. The molecule has 0 bridgehead atoms. The van der Waals surface area contributed by atoms with Crippen molar-refractivity contribution >= 4 is 0 Å². The third-order valence-corrected chi connectivity index (χ3v) is 2.64. The second-order valence-electron chi connectivity index (χ2n) is 7.56. The first-order valence-corrected chi connectivity index (χ1v) is 7.59. The first-order chi connectivity index (χ1) is 10.2. The number of aromatic nitrogens is 4. The number of rotatable bonds is 3. The maximum Gasteiger partial charge on any atom is 0.187 e. The van der Waals surface area contributed by atoms with Crippen molar-refractivity contribution in [2.45, 2.75) is 47.7 Å². The third-order valence-electron chi connectivity index (χ3n) is 2.64. The molecule has 0 aliphatic carbocycles. The Kier molecular flexibility index (Phi) is 9.87. The number of hydrogen-bond donors (Lipinski definition) is 0. The van der Waals surface area contributed by atoms with E-state index in [4.69, 9.17) is 0 Å². The van der Waals surface area contributed by atoms with Gasteiger partial charge in [-0.3, -0.25) is 9.97 Å². The van der Waals surface area contributed by atoms with Gasteiger partial charge in [-0.05, 0) is 0 Å². The summed E-state index contributed by atoms with van der Waals surface area (Å²) >= 11 is 0. The summed E-state index contributed by atoms with van der Waals surface area (Å²) in [5, 5.41) is 0. The molecule has 1 radical (unpaired) electrons. The Balaban J connectivity index is 0.000000403. The van der Waals surface area contributed by atoms with Crippen molar-refractivity contribution in [1.29, 1.82) is 0 Å². The van der Waals surface area contributed by atoms with E-state index in [0.717, 1.165) is 13.1 Å². The molecule has 0 saturated carbocycles. The zero-order valence-electron chi connectivity index (χ0n) is 15.1. The summed E-state index contributed by atoms with van der Waals surface area (Å²) in [4.78, 5) is 7.89. The van der Waals surface area contributed by atoms with Crippen molar-refractivity contribution in [2.75, 3.05) is 0 Å². The minimum absolute atomic E-state index is 0. The van der Waals surface area contributed by atoms with E-state index in [-0.39, 0.29) is 38.1 Å². The Hall–Kier alpha value is -0.736. The van der Waals surface area contributed by atoms with Crippen LogP contribution in [-0.2, 0) is 45.8 Å². The minimum Gasteiger partial charge on any atom is -0.332 e. The average molecular weight is 390 g/mol. The van der Waals surface area contributed by atoms with E-state index in [9.17, 15) is 0 Å². The van der Waals surface area contributed by atoms with Gasteiger partial charge in [-0.1, -0.05) is 34.6 Å². The third kappa shape index (κ3) is 12.4. The second kappa shape index (κ2) is 10.2. The summed E-state index contributed by atoms with van der Waals surface area (Å²) < 4.78 is 4.23. The summed E-state index contributed by atoms with van der Waals surface area (Å²) in [5.74, 6) is 0. The molecule has 23 heavy (non-hydrogen) atoms. The molecular formula is C18H29N4Y+. The number of nitrogens with zero attached hydrogens (tertiary/aromatic N) is 4. The van der Waals surface area contributed by atoms with Crippen LogP contribution in [0.4, 0.5) is 0 Å². The second-order valence-corrected chi connectivity index (χ2v) is 7.56. The molecule has 0 aromatic carbocycles. The molecule has 0 aliphatic rings. The molecule has 0 saturated heterocycles. The fourth-order valence-corrected chi connectivity index (χ4v) is 1.95. The largest absolute Gasteiger partial charge is 0.332 e. The van der Waals surface area contributed by atoms with Crippen LogP contribution in [0.1, 0.15) is 34.6 Å². The van der Waals surface area contributed by atoms with Crippen LogP contribution in [-0.4, -0.2) is 9.97 Å². The van der Waals surface area contributed by atoms with Gasteiger partial charge < -0.3 is 6.92 Å². The summed E-state index contributed by atoms with van der Waals surface area (Å²) in [6.45, 7) is 16.9. The van der Waals surface area contributed by atoms with Crippen LogP contribution in [0.5, 0.6) is 0 Å². The van der Waals surface area contributed by atoms with Crippen LogP contribution >= 0.6 is 0 Å². The predicted octanol–water partition coefficient (Wildman–Crippen LogP) is 2.64. The molecule has 2 heterocycles. The van der Waals surface area contributed by atoms with E-state index in [1.54, 1.807) is 12.4 Å². The van der Waals surface area contributed by atoms with Crippen molar-refractivity contribution in [3.63, 3.8) is 0 Å². The van der Waals surface area contributed by atoms with Gasteiger partial charge in [-0.25, -0.2) is 9.13 Å². The molecular weight excluding hydrogens is 361 g/mol. The van der Waals surface area contributed by atoms with E-state index >= 15 is 0 Å². The first-order valence-electron chi connectivity index (χ1n) is 7.59. The molecule has 4 nitrogen and oxygen atoms in total. The standard InChI is InChI=1S/C9H15N2.C9H14N2.Y/c2*1-9(2,3)8-11-6-4-10-5-7-11;/h4-7H,8H2,1-3H3;4-7H,1,8H2,2-3H3;/q+1;;. The van der Waals surface area contributed by atoms with Crippen molar-refractivity contribution in [1.82, 2.24) is 9.97 Å². The van der Waals surface area contributed by atoms with Crippen molar-refractivity contribution in [3.05, 3.63) is 56.5 Å². The summed E-state index contributed by atoms with van der Waals surface area (Å²) in [6, 6.07) is 0. The summed E-state index contributed by atoms with van der Waals surface area (Å²) in [6.07, 6.45) is 15.1. The molecule has 0 amide bonds. The van der Waals surface area contributed by atoms with Gasteiger partial charge in [0.1, 0.15) is 6.54 Å². The molecule has 0 fully saturated rings. The Morgan fingerprint density at radius 3 is 1.39 bits per heavy atom. The smallest absolute Gasteiger partial charge is 0.187 e. The first kappa shape index (κ1) is 22.3. The predicted molar refractivity (Wildman–Crippen MR) is 87.5 cm³/mol. The molecule has 2 aromatic heterocycles. The quantitative estimate of drug-likeness (QED) is 0.597. The Labute approximate surface area is 166 Å². The van der Waals surface area contributed by atoms with E-state index < -0.39 is 0 Å². The van der Waals surface area contributed by atoms with Gasteiger partial charge in [0, 0.05) is 38.1 Å². The molecule has 123 valence electrons. The average Bonchev–Trinajstić information content (AvgIpc) is 2.38. The van der Waals surface area contributed by atoms with E-state index in [1.807, 2.05) is 37.2 Å².